The van der Waals surface area contributed by atoms with E-state index in [0.717, 1.165) is 5.56 Å². The molecule has 15 heavy (non-hydrogen) atoms. The fraction of sp³-hybridized carbons (Fsp3) is 0.364. The van der Waals surface area contributed by atoms with Crippen LogP contribution in [0.1, 0.15) is 18.9 Å². The third kappa shape index (κ3) is 3.58. The molecule has 1 aromatic rings. The normalized spacial score (nSPS) is 12.5. The average Bonchev–Trinajstić information content (AvgIpc) is 2.20. The van der Waals surface area contributed by atoms with E-state index in [1.165, 1.54) is 12.1 Å². The molecule has 0 spiro atoms. The Kier molecular flexibility index (Phi) is 4.74. The van der Waals surface area contributed by atoms with Gasteiger partial charge in [0.2, 0.25) is 0 Å². The highest BCUT2D eigenvalue weighted by Gasteiger charge is 2.15. The molecule has 1 unspecified atom stereocenters. The van der Waals surface area contributed by atoms with Gasteiger partial charge in [0.05, 0.1) is 4.83 Å². The summed E-state index contributed by atoms with van der Waals surface area (Å²) in [6.45, 7) is 1.81. The van der Waals surface area contributed by atoms with Crippen LogP contribution < -0.4 is 0 Å². The zero-order chi connectivity index (χ0) is 11.4. The molecule has 82 valence electrons. The van der Waals surface area contributed by atoms with Crippen LogP contribution >= 0.6 is 27.5 Å². The molecule has 1 nitrogen and oxygen atoms in total. The first-order chi connectivity index (χ1) is 7.04. The number of Topliss-reactive ketones (excluding diaryl/α,β-unsaturated/α-hetero) is 1. The van der Waals surface area contributed by atoms with Crippen LogP contribution in [0.25, 0.3) is 0 Å². The molecule has 0 amide bonds. The van der Waals surface area contributed by atoms with E-state index in [1.54, 1.807) is 6.07 Å². The first kappa shape index (κ1) is 12.7. The molecule has 4 heteroatoms. The Labute approximate surface area is 102 Å². The molecule has 0 heterocycles. The second kappa shape index (κ2) is 5.61. The second-order valence-corrected chi connectivity index (χ2v) is 4.74. The molecule has 0 fully saturated rings. The van der Waals surface area contributed by atoms with Gasteiger partial charge in [-0.25, -0.2) is 4.39 Å². The van der Waals surface area contributed by atoms with Gasteiger partial charge in [-0.1, -0.05) is 40.5 Å². The summed E-state index contributed by atoms with van der Waals surface area (Å²) in [5, 5.41) is 0.364. The van der Waals surface area contributed by atoms with Gasteiger partial charge < -0.3 is 0 Å². The van der Waals surface area contributed by atoms with E-state index in [1.807, 2.05) is 6.92 Å². The van der Waals surface area contributed by atoms with Crippen LogP contribution in [0, 0.1) is 5.82 Å². The minimum absolute atomic E-state index is 0.121. The number of alkyl halides is 1. The van der Waals surface area contributed by atoms with Gasteiger partial charge >= 0.3 is 0 Å². The van der Waals surface area contributed by atoms with Gasteiger partial charge in [-0.15, -0.1) is 0 Å². The third-order valence-corrected chi connectivity index (χ3v) is 3.30. The van der Waals surface area contributed by atoms with Crippen LogP contribution in [0.4, 0.5) is 4.39 Å². The first-order valence-electron chi connectivity index (χ1n) is 4.65. The third-order valence-electron chi connectivity index (χ3n) is 2.11. The molecule has 0 N–H and O–H groups in total. The molecule has 0 aliphatic rings. The molecular formula is C11H11BrClFO. The predicted molar refractivity (Wildman–Crippen MR) is 63.1 cm³/mol. The lowest BCUT2D eigenvalue weighted by atomic mass is 10.1. The summed E-state index contributed by atoms with van der Waals surface area (Å²) in [7, 11) is 0. The van der Waals surface area contributed by atoms with Crippen molar-refractivity contribution in [3.05, 3.63) is 34.6 Å². The lowest BCUT2D eigenvalue weighted by Crippen LogP contribution is -2.15. The maximum absolute atomic E-state index is 12.7. The summed E-state index contributed by atoms with van der Waals surface area (Å²) in [4.78, 5) is 11.1. The summed E-state index contributed by atoms with van der Waals surface area (Å²) in [5.74, 6) is -0.243. The smallest absolute Gasteiger partial charge is 0.146 e. The number of benzene rings is 1. The molecule has 0 aliphatic heterocycles. The zero-order valence-electron chi connectivity index (χ0n) is 8.27. The number of ketones is 1. The van der Waals surface area contributed by atoms with Crippen molar-refractivity contribution in [3.63, 3.8) is 0 Å². The van der Waals surface area contributed by atoms with E-state index in [4.69, 9.17) is 11.6 Å². The zero-order valence-corrected chi connectivity index (χ0v) is 10.6. The number of rotatable bonds is 4. The Hall–Kier alpha value is -0.410. The lowest BCUT2D eigenvalue weighted by Gasteiger charge is -2.08. The van der Waals surface area contributed by atoms with Gasteiger partial charge in [-0.3, -0.25) is 4.79 Å². The van der Waals surface area contributed by atoms with Gasteiger partial charge in [0.15, 0.2) is 0 Å². The van der Waals surface area contributed by atoms with Crippen molar-refractivity contribution in [1.82, 2.24) is 0 Å². The van der Waals surface area contributed by atoms with E-state index in [-0.39, 0.29) is 16.4 Å². The molecule has 0 aromatic heterocycles. The van der Waals surface area contributed by atoms with Gasteiger partial charge in [0.25, 0.3) is 0 Å². The summed E-state index contributed by atoms with van der Waals surface area (Å²) in [5.41, 5.74) is 0.779. The van der Waals surface area contributed by atoms with Crippen LogP contribution in [0.2, 0.25) is 5.02 Å². The van der Waals surface area contributed by atoms with Crippen LogP contribution in [0.15, 0.2) is 18.2 Å². The van der Waals surface area contributed by atoms with E-state index in [0.29, 0.717) is 17.9 Å². The summed E-state index contributed by atoms with van der Waals surface area (Å²) in [6, 6.07) is 4.21. The highest BCUT2D eigenvalue weighted by molar-refractivity contribution is 9.10. The standard InChI is InChI=1S/C11H11BrClFO/c1-2-11(15)9(12)5-7-3-4-8(14)6-10(7)13/h3-4,6,9H,2,5H2,1H3. The monoisotopic (exact) mass is 292 g/mol. The summed E-state index contributed by atoms with van der Waals surface area (Å²) >= 11 is 9.14. The maximum Gasteiger partial charge on any atom is 0.146 e. The van der Waals surface area contributed by atoms with Crippen LogP contribution in [0.3, 0.4) is 0 Å². The van der Waals surface area contributed by atoms with Crippen LogP contribution in [-0.2, 0) is 11.2 Å². The highest BCUT2D eigenvalue weighted by atomic mass is 79.9. The lowest BCUT2D eigenvalue weighted by molar-refractivity contribution is -0.118. The van der Waals surface area contributed by atoms with E-state index in [2.05, 4.69) is 15.9 Å². The predicted octanol–water partition coefficient (Wildman–Crippen LogP) is 3.76. The largest absolute Gasteiger partial charge is 0.298 e. The van der Waals surface area contributed by atoms with E-state index in [9.17, 15) is 9.18 Å². The summed E-state index contributed by atoms with van der Waals surface area (Å²) < 4.78 is 12.7. The second-order valence-electron chi connectivity index (χ2n) is 3.23. The van der Waals surface area contributed by atoms with Crippen LogP contribution in [0.5, 0.6) is 0 Å². The fourth-order valence-electron chi connectivity index (χ4n) is 1.22. The molecule has 0 saturated carbocycles. The molecule has 0 aliphatic carbocycles. The number of carbonyl (C=O) groups is 1. The average molecular weight is 294 g/mol. The number of hydrogen-bond donors (Lipinski definition) is 0. The summed E-state index contributed by atoms with van der Waals surface area (Å²) in [6.07, 6.45) is 0.973. The minimum atomic E-state index is -0.364. The quantitative estimate of drug-likeness (QED) is 0.773. The highest BCUT2D eigenvalue weighted by Crippen LogP contribution is 2.21. The molecular weight excluding hydrogens is 282 g/mol. The van der Waals surface area contributed by atoms with Crippen molar-refractivity contribution in [2.45, 2.75) is 24.6 Å². The first-order valence-corrected chi connectivity index (χ1v) is 5.94. The Morgan fingerprint density at radius 3 is 2.80 bits per heavy atom. The van der Waals surface area contributed by atoms with Crippen molar-refractivity contribution in [1.29, 1.82) is 0 Å². The Balaban J connectivity index is 2.76. The van der Waals surface area contributed by atoms with E-state index >= 15 is 0 Å². The molecule has 1 aromatic carbocycles. The minimum Gasteiger partial charge on any atom is -0.298 e. The Bertz CT molecular complexity index is 368. The van der Waals surface area contributed by atoms with Crippen molar-refractivity contribution >= 4 is 33.3 Å². The number of carbonyl (C=O) groups excluding carboxylic acids is 1. The molecule has 1 rings (SSSR count). The SMILES string of the molecule is CCC(=O)C(Br)Cc1ccc(F)cc1Cl. The molecule has 0 saturated heterocycles. The van der Waals surface area contributed by atoms with Gasteiger partial charge in [-0.05, 0) is 24.1 Å². The van der Waals surface area contributed by atoms with Crippen molar-refractivity contribution < 1.29 is 9.18 Å². The molecule has 0 bridgehead atoms. The van der Waals surface area contributed by atoms with E-state index < -0.39 is 0 Å². The Morgan fingerprint density at radius 2 is 2.27 bits per heavy atom. The van der Waals surface area contributed by atoms with Gasteiger partial charge in [0, 0.05) is 11.4 Å². The maximum atomic E-state index is 12.7. The molecule has 1 atom stereocenters. The van der Waals surface area contributed by atoms with Crippen molar-refractivity contribution in [2.24, 2.45) is 0 Å². The Morgan fingerprint density at radius 1 is 1.60 bits per heavy atom. The van der Waals surface area contributed by atoms with Crippen molar-refractivity contribution in [3.8, 4) is 0 Å². The number of hydrogen-bond acceptors (Lipinski definition) is 1. The van der Waals surface area contributed by atoms with Crippen LogP contribution in [-0.4, -0.2) is 10.6 Å². The number of halogens is 3. The van der Waals surface area contributed by atoms with Gasteiger partial charge in [-0.2, -0.15) is 0 Å². The van der Waals surface area contributed by atoms with Crippen molar-refractivity contribution in [2.75, 3.05) is 0 Å². The fourth-order valence-corrected chi connectivity index (χ4v) is 2.13. The van der Waals surface area contributed by atoms with Gasteiger partial charge in [0.1, 0.15) is 11.6 Å². The molecule has 0 radical (unpaired) electrons. The topological polar surface area (TPSA) is 17.1 Å².